The van der Waals surface area contributed by atoms with E-state index in [0.29, 0.717) is 22.2 Å². The minimum absolute atomic E-state index is 0.00333. The van der Waals surface area contributed by atoms with Crippen molar-refractivity contribution >= 4 is 30.9 Å². The van der Waals surface area contributed by atoms with Crippen molar-refractivity contribution in [1.82, 2.24) is 8.28 Å². The van der Waals surface area contributed by atoms with Crippen molar-refractivity contribution in [1.29, 1.82) is 0 Å². The number of sulfonamides is 1. The summed E-state index contributed by atoms with van der Waals surface area (Å²) in [6, 6.07) is 7.74. The molecule has 0 amide bonds. The number of halogens is 1. The highest BCUT2D eigenvalue weighted by molar-refractivity contribution is 7.95. The van der Waals surface area contributed by atoms with E-state index < -0.39 is 35.8 Å². The van der Waals surface area contributed by atoms with Crippen LogP contribution in [0.5, 0.6) is 0 Å². The van der Waals surface area contributed by atoms with Gasteiger partial charge in [-0.25, -0.2) is 25.2 Å². The van der Waals surface area contributed by atoms with Crippen LogP contribution in [0, 0.1) is 5.41 Å². The first-order valence-electron chi connectivity index (χ1n) is 9.84. The second-order valence-electron chi connectivity index (χ2n) is 8.06. The molecule has 2 N–H and O–H groups in total. The molecule has 2 heterocycles. The topological polar surface area (TPSA) is 102 Å². The lowest BCUT2D eigenvalue weighted by molar-refractivity contribution is 0.251. The van der Waals surface area contributed by atoms with Crippen LogP contribution >= 0.6 is 0 Å². The van der Waals surface area contributed by atoms with Gasteiger partial charge in [0.05, 0.1) is 5.52 Å². The second-order valence-corrected chi connectivity index (χ2v) is 11.7. The van der Waals surface area contributed by atoms with Crippen LogP contribution in [0.15, 0.2) is 71.4 Å². The van der Waals surface area contributed by atoms with E-state index in [0.717, 1.165) is 18.6 Å². The maximum Gasteiger partial charge on any atom is 0.272 e. The molecule has 0 radical (unpaired) electrons. The summed E-state index contributed by atoms with van der Waals surface area (Å²) in [7, 11) is -8.79. The van der Waals surface area contributed by atoms with Gasteiger partial charge in [0, 0.05) is 24.5 Å². The van der Waals surface area contributed by atoms with E-state index in [1.54, 1.807) is 18.2 Å². The van der Waals surface area contributed by atoms with Crippen LogP contribution in [-0.4, -0.2) is 44.2 Å². The molecule has 7 nitrogen and oxygen atoms in total. The van der Waals surface area contributed by atoms with E-state index in [4.69, 9.17) is 5.73 Å². The number of nitrogens with zero attached hydrogens (tertiary/aromatic N) is 2. The molecule has 2 aliphatic rings. The Morgan fingerprint density at radius 1 is 1.19 bits per heavy atom. The third-order valence-electron chi connectivity index (χ3n) is 6.26. The summed E-state index contributed by atoms with van der Waals surface area (Å²) in [6.07, 6.45) is 4.21. The molecule has 1 saturated carbocycles. The van der Waals surface area contributed by atoms with Gasteiger partial charge < -0.3 is 5.73 Å². The molecule has 0 unspecified atom stereocenters. The lowest BCUT2D eigenvalue weighted by Gasteiger charge is -2.31. The monoisotopic (exact) mass is 465 g/mol. The van der Waals surface area contributed by atoms with Gasteiger partial charge in [0.15, 0.2) is 5.03 Å². The molecular formula is C21H24FN3O4S2. The Kier molecular flexibility index (Phi) is 5.24. The molecule has 1 atom stereocenters. The fourth-order valence-corrected chi connectivity index (χ4v) is 7.86. The lowest BCUT2D eigenvalue weighted by atomic mass is 9.94. The summed E-state index contributed by atoms with van der Waals surface area (Å²) in [4.78, 5) is -0.748. The molecule has 1 aromatic heterocycles. The number of benzene rings is 1. The predicted octanol–water partition coefficient (Wildman–Crippen LogP) is 2.87. The quantitative estimate of drug-likeness (QED) is 0.661. The zero-order valence-corrected chi connectivity index (χ0v) is 18.5. The van der Waals surface area contributed by atoms with Crippen LogP contribution in [-0.2, 0) is 20.0 Å². The molecule has 166 valence electrons. The Hall–Kier alpha value is -2.27. The number of piperidine rings is 1. The molecule has 1 aliphatic carbocycles. The number of aromatic nitrogens is 1. The first kappa shape index (κ1) is 21.9. The van der Waals surface area contributed by atoms with Crippen molar-refractivity contribution in [2.24, 2.45) is 11.1 Å². The highest BCUT2D eigenvalue weighted by Crippen LogP contribution is 2.53. The Morgan fingerprint density at radius 2 is 1.81 bits per heavy atom. The molecule has 1 aliphatic heterocycles. The van der Waals surface area contributed by atoms with E-state index >= 15 is 0 Å². The molecule has 2 fully saturated rings. The number of hydrogen-bond acceptors (Lipinski definition) is 5. The van der Waals surface area contributed by atoms with Crippen LogP contribution in [0.2, 0.25) is 0 Å². The molecule has 0 bridgehead atoms. The zero-order chi connectivity index (χ0) is 22.6. The van der Waals surface area contributed by atoms with Crippen LogP contribution in [0.1, 0.15) is 19.3 Å². The Bertz CT molecular complexity index is 1320. The summed E-state index contributed by atoms with van der Waals surface area (Å²) in [5.41, 5.74) is 6.14. The lowest BCUT2D eigenvalue weighted by Crippen LogP contribution is -2.41. The average molecular weight is 466 g/mol. The SMILES string of the molecule is C=C/C=C(\C(=C)F)S(=O)(=O)n1c(S(=O)(=O)N2CCC3(CC2)C[C@H]3N)cc2ccccc21. The average Bonchev–Trinajstić information content (AvgIpc) is 3.15. The van der Waals surface area contributed by atoms with Gasteiger partial charge in [-0.1, -0.05) is 37.4 Å². The molecule has 4 rings (SSSR count). The van der Waals surface area contributed by atoms with Crippen LogP contribution in [0.25, 0.3) is 10.9 Å². The van der Waals surface area contributed by atoms with Crippen molar-refractivity contribution in [2.75, 3.05) is 13.1 Å². The third kappa shape index (κ3) is 3.47. The van der Waals surface area contributed by atoms with Crippen LogP contribution < -0.4 is 5.73 Å². The van der Waals surface area contributed by atoms with E-state index in [9.17, 15) is 21.2 Å². The van der Waals surface area contributed by atoms with Gasteiger partial charge in [0.2, 0.25) is 0 Å². The maximum absolute atomic E-state index is 14.1. The normalized spacial score (nSPS) is 22.0. The van der Waals surface area contributed by atoms with Gasteiger partial charge in [-0.3, -0.25) is 0 Å². The molecule has 31 heavy (non-hydrogen) atoms. The highest BCUT2D eigenvalue weighted by atomic mass is 32.2. The van der Waals surface area contributed by atoms with E-state index in [-0.39, 0.29) is 30.1 Å². The first-order valence-corrected chi connectivity index (χ1v) is 12.7. The zero-order valence-electron chi connectivity index (χ0n) is 16.9. The molecule has 2 aromatic rings. The van der Waals surface area contributed by atoms with Gasteiger partial charge >= 0.3 is 0 Å². The van der Waals surface area contributed by atoms with Gasteiger partial charge in [-0.15, -0.1) is 0 Å². The maximum atomic E-state index is 14.1. The second kappa shape index (κ2) is 7.40. The van der Waals surface area contributed by atoms with E-state index in [1.807, 2.05) is 0 Å². The summed E-state index contributed by atoms with van der Waals surface area (Å²) in [6.45, 7) is 7.02. The number of hydrogen-bond donors (Lipinski definition) is 1. The van der Waals surface area contributed by atoms with Crippen LogP contribution in [0.4, 0.5) is 4.39 Å². The molecule has 1 aromatic carbocycles. The summed E-state index contributed by atoms with van der Waals surface area (Å²) in [5.74, 6) is -1.20. The summed E-state index contributed by atoms with van der Waals surface area (Å²) >= 11 is 0. The third-order valence-corrected chi connectivity index (χ3v) is 10.0. The summed E-state index contributed by atoms with van der Waals surface area (Å²) in [5, 5.41) is -0.0225. The summed E-state index contributed by atoms with van der Waals surface area (Å²) < 4.78 is 69.9. The minimum Gasteiger partial charge on any atom is -0.327 e. The fourth-order valence-electron chi connectivity index (χ4n) is 4.31. The minimum atomic E-state index is -4.61. The highest BCUT2D eigenvalue weighted by Gasteiger charge is 2.54. The van der Waals surface area contributed by atoms with Crippen molar-refractivity contribution in [3.8, 4) is 0 Å². The largest absolute Gasteiger partial charge is 0.327 e. The number of nitrogens with two attached hydrogens (primary N) is 1. The number of rotatable bonds is 6. The standard InChI is InChI=1S/C21H24FN3O4S2/c1-3-6-18(15(2)22)30(26,27)25-17-8-5-4-7-16(17)13-20(25)31(28,29)24-11-9-21(10-12-24)14-19(21)23/h3-8,13,19H,1-2,9-12,14,23H2/b18-6+/t19-/m1/s1. The van der Waals surface area contributed by atoms with Gasteiger partial charge in [0.1, 0.15) is 10.7 Å². The van der Waals surface area contributed by atoms with Gasteiger partial charge in [-0.05, 0) is 42.9 Å². The van der Waals surface area contributed by atoms with Gasteiger partial charge in [-0.2, -0.15) is 4.31 Å². The smallest absolute Gasteiger partial charge is 0.272 e. The molecule has 10 heteroatoms. The predicted molar refractivity (Wildman–Crippen MR) is 118 cm³/mol. The van der Waals surface area contributed by atoms with E-state index in [1.165, 1.54) is 16.4 Å². The fraction of sp³-hybridized carbons (Fsp3) is 0.333. The molecule has 1 saturated heterocycles. The Morgan fingerprint density at radius 3 is 2.35 bits per heavy atom. The number of allylic oxidation sites excluding steroid dienone is 3. The molecule has 1 spiro atoms. The van der Waals surface area contributed by atoms with Crippen molar-refractivity contribution < 1.29 is 21.2 Å². The Balaban J connectivity index is 1.87. The van der Waals surface area contributed by atoms with Crippen molar-refractivity contribution in [2.45, 2.75) is 30.3 Å². The van der Waals surface area contributed by atoms with Crippen LogP contribution in [0.3, 0.4) is 0 Å². The van der Waals surface area contributed by atoms with Crippen molar-refractivity contribution in [3.63, 3.8) is 0 Å². The number of fused-ring (bicyclic) bond motifs is 1. The van der Waals surface area contributed by atoms with Crippen molar-refractivity contribution in [3.05, 3.63) is 66.4 Å². The van der Waals surface area contributed by atoms with Gasteiger partial charge in [0.25, 0.3) is 20.0 Å². The number of para-hydroxylation sites is 1. The first-order chi connectivity index (χ1) is 14.5. The van der Waals surface area contributed by atoms with E-state index in [2.05, 4.69) is 13.2 Å². The molecular weight excluding hydrogens is 441 g/mol. The Labute approximate surface area is 181 Å².